The van der Waals surface area contributed by atoms with Crippen LogP contribution >= 0.6 is 0 Å². The SMILES string of the molecule is FC(F)(F)c1c(Nc2ccccc2)cnn1-c1ccccn1. The van der Waals surface area contributed by atoms with Gasteiger partial charge in [0.2, 0.25) is 0 Å². The van der Waals surface area contributed by atoms with E-state index in [4.69, 9.17) is 0 Å². The number of nitrogens with zero attached hydrogens (tertiary/aromatic N) is 3. The summed E-state index contributed by atoms with van der Waals surface area (Å²) in [5.74, 6) is 0.107. The van der Waals surface area contributed by atoms with Gasteiger partial charge in [-0.25, -0.2) is 9.67 Å². The first kappa shape index (κ1) is 14.1. The Morgan fingerprint density at radius 3 is 2.32 bits per heavy atom. The van der Waals surface area contributed by atoms with Gasteiger partial charge in [-0.1, -0.05) is 24.3 Å². The van der Waals surface area contributed by atoms with Crippen molar-refractivity contribution in [3.8, 4) is 5.82 Å². The van der Waals surface area contributed by atoms with E-state index in [1.54, 1.807) is 42.5 Å². The minimum Gasteiger partial charge on any atom is -0.352 e. The third-order valence-corrected chi connectivity index (χ3v) is 2.96. The highest BCUT2D eigenvalue weighted by Gasteiger charge is 2.39. The van der Waals surface area contributed by atoms with Crippen LogP contribution in [0.25, 0.3) is 5.82 Å². The van der Waals surface area contributed by atoms with Gasteiger partial charge in [0.05, 0.1) is 11.9 Å². The maximum Gasteiger partial charge on any atom is 0.435 e. The molecular weight excluding hydrogens is 293 g/mol. The Bertz CT molecular complexity index is 751. The molecule has 1 aromatic carbocycles. The normalized spacial score (nSPS) is 11.4. The second-order valence-corrected chi connectivity index (χ2v) is 4.50. The fourth-order valence-corrected chi connectivity index (χ4v) is 2.04. The predicted octanol–water partition coefficient (Wildman–Crippen LogP) is 4.03. The van der Waals surface area contributed by atoms with Gasteiger partial charge in [-0.05, 0) is 24.3 Å². The van der Waals surface area contributed by atoms with Crippen molar-refractivity contribution >= 4 is 11.4 Å². The summed E-state index contributed by atoms with van der Waals surface area (Å²) in [5.41, 5.74) is -0.465. The molecule has 0 unspecified atom stereocenters. The molecule has 0 aliphatic rings. The van der Waals surface area contributed by atoms with Gasteiger partial charge in [0.25, 0.3) is 0 Å². The van der Waals surface area contributed by atoms with E-state index in [9.17, 15) is 13.2 Å². The molecule has 1 N–H and O–H groups in total. The number of alkyl halides is 3. The van der Waals surface area contributed by atoms with E-state index in [-0.39, 0.29) is 11.5 Å². The number of hydrogen-bond donors (Lipinski definition) is 1. The number of anilines is 2. The molecule has 0 saturated carbocycles. The van der Waals surface area contributed by atoms with E-state index < -0.39 is 11.9 Å². The Labute approximate surface area is 124 Å². The molecule has 4 nitrogen and oxygen atoms in total. The van der Waals surface area contributed by atoms with Crippen LogP contribution in [0.2, 0.25) is 0 Å². The number of aromatic nitrogens is 3. The van der Waals surface area contributed by atoms with Crippen LogP contribution in [0.1, 0.15) is 5.69 Å². The smallest absolute Gasteiger partial charge is 0.352 e. The molecule has 3 aromatic rings. The first-order valence-electron chi connectivity index (χ1n) is 6.44. The van der Waals surface area contributed by atoms with Crippen molar-refractivity contribution in [2.75, 3.05) is 5.32 Å². The molecule has 0 bridgehead atoms. The third kappa shape index (κ3) is 2.78. The fraction of sp³-hybridized carbons (Fsp3) is 0.0667. The van der Waals surface area contributed by atoms with Gasteiger partial charge in [-0.3, -0.25) is 0 Å². The van der Waals surface area contributed by atoms with Gasteiger partial charge in [0.1, 0.15) is 0 Å². The van der Waals surface area contributed by atoms with Crippen molar-refractivity contribution in [3.05, 3.63) is 66.6 Å². The minimum absolute atomic E-state index is 0.107. The number of pyridine rings is 1. The number of para-hydroxylation sites is 1. The van der Waals surface area contributed by atoms with Crippen molar-refractivity contribution in [2.24, 2.45) is 0 Å². The van der Waals surface area contributed by atoms with Crippen molar-refractivity contribution in [1.29, 1.82) is 0 Å². The molecule has 112 valence electrons. The van der Waals surface area contributed by atoms with E-state index in [1.165, 1.54) is 12.3 Å². The molecule has 3 rings (SSSR count). The Balaban J connectivity index is 2.07. The van der Waals surface area contributed by atoms with Crippen LogP contribution in [0, 0.1) is 0 Å². The summed E-state index contributed by atoms with van der Waals surface area (Å²) >= 11 is 0. The first-order chi connectivity index (χ1) is 10.6. The molecule has 2 aromatic heterocycles. The Morgan fingerprint density at radius 1 is 0.955 bits per heavy atom. The quantitative estimate of drug-likeness (QED) is 0.794. The molecule has 0 aliphatic heterocycles. The molecule has 2 heterocycles. The number of halogens is 3. The largest absolute Gasteiger partial charge is 0.435 e. The van der Waals surface area contributed by atoms with Crippen LogP contribution in [0.3, 0.4) is 0 Å². The molecule has 0 aliphatic carbocycles. The number of nitrogens with one attached hydrogen (secondary N) is 1. The van der Waals surface area contributed by atoms with E-state index in [2.05, 4.69) is 15.4 Å². The second kappa shape index (κ2) is 5.51. The summed E-state index contributed by atoms with van der Waals surface area (Å²) < 4.78 is 41.0. The summed E-state index contributed by atoms with van der Waals surface area (Å²) in [4.78, 5) is 3.92. The minimum atomic E-state index is -4.56. The molecule has 0 fully saturated rings. The molecule has 7 heteroatoms. The zero-order valence-corrected chi connectivity index (χ0v) is 11.2. The highest BCUT2D eigenvalue weighted by molar-refractivity contribution is 5.62. The summed E-state index contributed by atoms with van der Waals surface area (Å²) in [7, 11) is 0. The molecule has 0 saturated heterocycles. The highest BCUT2D eigenvalue weighted by atomic mass is 19.4. The van der Waals surface area contributed by atoms with Gasteiger partial charge >= 0.3 is 6.18 Å². The fourth-order valence-electron chi connectivity index (χ4n) is 2.04. The van der Waals surface area contributed by atoms with Gasteiger partial charge in [0.15, 0.2) is 11.5 Å². The summed E-state index contributed by atoms with van der Waals surface area (Å²) in [6.07, 6.45) is -2.00. The van der Waals surface area contributed by atoms with Gasteiger partial charge < -0.3 is 5.32 Å². The molecule has 0 radical (unpaired) electrons. The lowest BCUT2D eigenvalue weighted by Gasteiger charge is -2.13. The third-order valence-electron chi connectivity index (χ3n) is 2.96. The summed E-state index contributed by atoms with van der Waals surface area (Å²) in [6, 6.07) is 13.3. The lowest BCUT2D eigenvalue weighted by molar-refractivity contribution is -0.142. The predicted molar refractivity (Wildman–Crippen MR) is 76.1 cm³/mol. The second-order valence-electron chi connectivity index (χ2n) is 4.50. The highest BCUT2D eigenvalue weighted by Crippen LogP contribution is 2.37. The van der Waals surface area contributed by atoms with E-state index >= 15 is 0 Å². The monoisotopic (exact) mass is 304 g/mol. The number of rotatable bonds is 3. The van der Waals surface area contributed by atoms with Gasteiger partial charge in [-0.2, -0.15) is 18.3 Å². The van der Waals surface area contributed by atoms with E-state index in [0.717, 1.165) is 10.9 Å². The molecular formula is C15H11F3N4. The number of benzene rings is 1. The standard InChI is InChI=1S/C15H11F3N4/c16-15(17,18)14-12(21-11-6-2-1-3-7-11)10-20-22(14)13-8-4-5-9-19-13/h1-10,21H. The average molecular weight is 304 g/mol. The van der Waals surface area contributed by atoms with Crippen molar-refractivity contribution in [3.63, 3.8) is 0 Å². The first-order valence-corrected chi connectivity index (χ1v) is 6.44. The average Bonchev–Trinajstić information content (AvgIpc) is 2.93. The summed E-state index contributed by atoms with van der Waals surface area (Å²) in [6.45, 7) is 0. The Kier molecular flexibility index (Phi) is 3.54. The lowest BCUT2D eigenvalue weighted by Crippen LogP contribution is -2.15. The molecule has 22 heavy (non-hydrogen) atoms. The maximum absolute atomic E-state index is 13.4. The molecule has 0 spiro atoms. The van der Waals surface area contributed by atoms with Gasteiger partial charge in [-0.15, -0.1) is 0 Å². The topological polar surface area (TPSA) is 42.7 Å². The van der Waals surface area contributed by atoms with E-state index in [0.29, 0.717) is 5.69 Å². The van der Waals surface area contributed by atoms with Crippen molar-refractivity contribution < 1.29 is 13.2 Å². The van der Waals surface area contributed by atoms with Crippen LogP contribution in [0.4, 0.5) is 24.5 Å². The summed E-state index contributed by atoms with van der Waals surface area (Å²) in [5, 5.41) is 6.56. The van der Waals surface area contributed by atoms with Crippen molar-refractivity contribution in [2.45, 2.75) is 6.18 Å². The zero-order chi connectivity index (χ0) is 15.6. The van der Waals surface area contributed by atoms with Crippen LogP contribution in [-0.2, 0) is 6.18 Å². The van der Waals surface area contributed by atoms with Crippen LogP contribution in [0.5, 0.6) is 0 Å². The van der Waals surface area contributed by atoms with Crippen LogP contribution < -0.4 is 5.32 Å². The van der Waals surface area contributed by atoms with Crippen LogP contribution in [0.15, 0.2) is 60.9 Å². The maximum atomic E-state index is 13.4. The van der Waals surface area contributed by atoms with Crippen LogP contribution in [-0.4, -0.2) is 14.8 Å². The van der Waals surface area contributed by atoms with E-state index in [1.807, 2.05) is 0 Å². The lowest BCUT2D eigenvalue weighted by atomic mass is 10.3. The van der Waals surface area contributed by atoms with Crippen molar-refractivity contribution in [1.82, 2.24) is 14.8 Å². The Hall–Kier alpha value is -2.83. The number of hydrogen-bond acceptors (Lipinski definition) is 3. The van der Waals surface area contributed by atoms with Gasteiger partial charge in [0, 0.05) is 11.9 Å². The zero-order valence-electron chi connectivity index (χ0n) is 11.2. The molecule has 0 atom stereocenters. The Morgan fingerprint density at radius 2 is 1.68 bits per heavy atom. The molecule has 0 amide bonds.